The number of hydrogen-bond acceptors (Lipinski definition) is 7. The van der Waals surface area contributed by atoms with Gasteiger partial charge in [0.25, 0.3) is 5.91 Å². The SMILES string of the molecule is CC[C@H]1CN(c2ncc(C3=NCC=N3)nc2C)CCN1C1CCN(C(=O)c2ccc(C)c(F)c2)CC1. The first-order chi connectivity index (χ1) is 17.4. The molecule has 3 aliphatic rings. The van der Waals surface area contributed by atoms with Crippen LogP contribution in [0.4, 0.5) is 10.2 Å². The van der Waals surface area contributed by atoms with Crippen LogP contribution in [0.5, 0.6) is 0 Å². The van der Waals surface area contributed by atoms with Gasteiger partial charge in [0, 0.05) is 56.6 Å². The summed E-state index contributed by atoms with van der Waals surface area (Å²) in [6.07, 6.45) is 6.49. The van der Waals surface area contributed by atoms with E-state index in [4.69, 9.17) is 9.97 Å². The van der Waals surface area contributed by atoms with Crippen molar-refractivity contribution >= 4 is 23.8 Å². The molecule has 9 heteroatoms. The molecule has 2 aromatic rings. The summed E-state index contributed by atoms with van der Waals surface area (Å²) in [4.78, 5) is 37.9. The average Bonchev–Trinajstić information content (AvgIpc) is 3.45. The summed E-state index contributed by atoms with van der Waals surface area (Å²) in [6.45, 7) is 10.7. The number of halogens is 1. The molecule has 36 heavy (non-hydrogen) atoms. The molecule has 3 aliphatic heterocycles. The fourth-order valence-electron chi connectivity index (χ4n) is 5.55. The lowest BCUT2D eigenvalue weighted by Gasteiger charge is -2.47. The highest BCUT2D eigenvalue weighted by atomic mass is 19.1. The van der Waals surface area contributed by atoms with Gasteiger partial charge in [-0.1, -0.05) is 13.0 Å². The molecule has 8 nitrogen and oxygen atoms in total. The number of carbonyl (C=O) groups is 1. The maximum atomic E-state index is 14.0. The number of anilines is 1. The highest BCUT2D eigenvalue weighted by Crippen LogP contribution is 2.27. The highest BCUT2D eigenvalue weighted by Gasteiger charge is 2.35. The Morgan fingerprint density at radius 1 is 1.14 bits per heavy atom. The molecule has 0 saturated carbocycles. The van der Waals surface area contributed by atoms with E-state index in [1.165, 1.54) is 6.07 Å². The molecule has 0 aliphatic carbocycles. The van der Waals surface area contributed by atoms with Crippen LogP contribution in [0.15, 0.2) is 34.4 Å². The molecule has 1 atom stereocenters. The molecular formula is C27H34FN7O. The summed E-state index contributed by atoms with van der Waals surface area (Å²) in [6, 6.07) is 5.63. The van der Waals surface area contributed by atoms with Gasteiger partial charge < -0.3 is 9.80 Å². The molecule has 2 saturated heterocycles. The van der Waals surface area contributed by atoms with Crippen molar-refractivity contribution in [1.29, 1.82) is 0 Å². The van der Waals surface area contributed by atoms with Crippen LogP contribution < -0.4 is 4.90 Å². The van der Waals surface area contributed by atoms with Crippen LogP contribution in [0.3, 0.4) is 0 Å². The van der Waals surface area contributed by atoms with Crippen LogP contribution in [0.2, 0.25) is 0 Å². The fourth-order valence-corrected chi connectivity index (χ4v) is 5.55. The number of piperidine rings is 1. The Balaban J connectivity index is 1.20. The predicted molar refractivity (Wildman–Crippen MR) is 140 cm³/mol. The van der Waals surface area contributed by atoms with Crippen LogP contribution in [0, 0.1) is 19.7 Å². The third kappa shape index (κ3) is 4.89. The third-order valence-electron chi connectivity index (χ3n) is 7.62. The smallest absolute Gasteiger partial charge is 0.253 e. The molecule has 0 radical (unpaired) electrons. The van der Waals surface area contributed by atoms with Gasteiger partial charge in [-0.3, -0.25) is 14.7 Å². The zero-order chi connectivity index (χ0) is 25.2. The number of piperazine rings is 1. The average molecular weight is 492 g/mol. The van der Waals surface area contributed by atoms with Gasteiger partial charge in [0.2, 0.25) is 0 Å². The summed E-state index contributed by atoms with van der Waals surface area (Å²) in [5.41, 5.74) is 2.63. The number of carbonyl (C=O) groups excluding carboxylic acids is 1. The Morgan fingerprint density at radius 3 is 2.61 bits per heavy atom. The third-order valence-corrected chi connectivity index (χ3v) is 7.62. The van der Waals surface area contributed by atoms with Gasteiger partial charge in [0.1, 0.15) is 17.3 Å². The molecule has 1 amide bonds. The molecule has 4 heterocycles. The Kier molecular flexibility index (Phi) is 7.09. The number of aliphatic imine (C=N–C) groups is 2. The molecule has 0 unspecified atom stereocenters. The van der Waals surface area contributed by atoms with E-state index in [1.807, 2.05) is 11.8 Å². The first-order valence-corrected chi connectivity index (χ1v) is 12.9. The van der Waals surface area contributed by atoms with E-state index in [9.17, 15) is 9.18 Å². The molecule has 0 spiro atoms. The van der Waals surface area contributed by atoms with E-state index in [0.717, 1.165) is 56.1 Å². The lowest BCUT2D eigenvalue weighted by Crippen LogP contribution is -2.59. The van der Waals surface area contributed by atoms with Crippen molar-refractivity contribution in [1.82, 2.24) is 19.8 Å². The number of amidine groups is 1. The summed E-state index contributed by atoms with van der Waals surface area (Å²) in [5.74, 6) is 1.20. The summed E-state index contributed by atoms with van der Waals surface area (Å²) < 4.78 is 14.0. The van der Waals surface area contributed by atoms with E-state index in [2.05, 4.69) is 26.7 Å². The van der Waals surface area contributed by atoms with Crippen LogP contribution >= 0.6 is 0 Å². The number of benzene rings is 1. The molecule has 2 fully saturated rings. The van der Waals surface area contributed by atoms with E-state index in [1.54, 1.807) is 31.5 Å². The number of aryl methyl sites for hydroxylation is 2. The zero-order valence-electron chi connectivity index (χ0n) is 21.3. The summed E-state index contributed by atoms with van der Waals surface area (Å²) in [7, 11) is 0. The van der Waals surface area contributed by atoms with Gasteiger partial charge in [0.05, 0.1) is 18.4 Å². The predicted octanol–water partition coefficient (Wildman–Crippen LogP) is 3.27. The summed E-state index contributed by atoms with van der Waals surface area (Å²) in [5, 5.41) is 0. The number of rotatable bonds is 5. The maximum absolute atomic E-state index is 14.0. The van der Waals surface area contributed by atoms with Gasteiger partial charge in [-0.15, -0.1) is 0 Å². The van der Waals surface area contributed by atoms with Crippen molar-refractivity contribution < 1.29 is 9.18 Å². The lowest BCUT2D eigenvalue weighted by atomic mass is 9.97. The van der Waals surface area contributed by atoms with E-state index in [-0.39, 0.29) is 11.7 Å². The number of aromatic nitrogens is 2. The number of likely N-dealkylation sites (tertiary alicyclic amines) is 1. The maximum Gasteiger partial charge on any atom is 0.253 e. The molecule has 0 bridgehead atoms. The van der Waals surface area contributed by atoms with Crippen LogP contribution in [0.1, 0.15) is 53.5 Å². The van der Waals surface area contributed by atoms with Gasteiger partial charge in [-0.05, 0) is 50.8 Å². The van der Waals surface area contributed by atoms with Gasteiger partial charge in [-0.2, -0.15) is 0 Å². The molecule has 190 valence electrons. The minimum absolute atomic E-state index is 0.0732. The highest BCUT2D eigenvalue weighted by molar-refractivity contribution is 6.04. The number of nitrogens with zero attached hydrogens (tertiary/aromatic N) is 7. The topological polar surface area (TPSA) is 77.3 Å². The Hall–Kier alpha value is -3.20. The van der Waals surface area contributed by atoms with Gasteiger partial charge in [-0.25, -0.2) is 19.4 Å². The second kappa shape index (κ2) is 10.4. The Labute approximate surface area is 212 Å². The molecule has 1 aromatic carbocycles. The second-order valence-corrected chi connectivity index (χ2v) is 9.87. The first kappa shape index (κ1) is 24.5. The van der Waals surface area contributed by atoms with Gasteiger partial charge >= 0.3 is 0 Å². The van der Waals surface area contributed by atoms with Crippen molar-refractivity contribution in [2.24, 2.45) is 9.98 Å². The van der Waals surface area contributed by atoms with Crippen molar-refractivity contribution in [3.63, 3.8) is 0 Å². The van der Waals surface area contributed by atoms with E-state index < -0.39 is 0 Å². The first-order valence-electron chi connectivity index (χ1n) is 12.9. The standard InChI is InChI=1S/C27H34FN7O/c1-4-21-17-34(26-19(3)32-24(16-31-26)25-29-9-10-30-25)13-14-35(21)22-7-11-33(12-8-22)27(36)20-6-5-18(2)23(28)15-20/h5-6,9,15-16,21-22H,4,7-8,10-14,17H2,1-3H3/t21-/m0/s1. The normalized spacial score (nSPS) is 21.2. The minimum Gasteiger partial charge on any atom is -0.352 e. The molecule has 0 N–H and O–H groups in total. The Morgan fingerprint density at radius 2 is 1.94 bits per heavy atom. The van der Waals surface area contributed by atoms with Crippen LogP contribution in [-0.4, -0.2) is 89.1 Å². The fraction of sp³-hybridized carbons (Fsp3) is 0.519. The largest absolute Gasteiger partial charge is 0.352 e. The Bertz CT molecular complexity index is 1190. The van der Waals surface area contributed by atoms with Crippen molar-refractivity contribution in [2.45, 2.75) is 52.1 Å². The summed E-state index contributed by atoms with van der Waals surface area (Å²) >= 11 is 0. The van der Waals surface area contributed by atoms with Crippen molar-refractivity contribution in [3.8, 4) is 0 Å². The zero-order valence-corrected chi connectivity index (χ0v) is 21.3. The van der Waals surface area contributed by atoms with Crippen LogP contribution in [-0.2, 0) is 0 Å². The monoisotopic (exact) mass is 491 g/mol. The van der Waals surface area contributed by atoms with Crippen molar-refractivity contribution in [3.05, 3.63) is 52.7 Å². The lowest BCUT2D eigenvalue weighted by molar-refractivity contribution is 0.0490. The molecule has 5 rings (SSSR count). The molecular weight excluding hydrogens is 457 g/mol. The van der Waals surface area contributed by atoms with Crippen molar-refractivity contribution in [2.75, 3.05) is 44.2 Å². The minimum atomic E-state index is -0.324. The second-order valence-electron chi connectivity index (χ2n) is 9.87. The number of hydrogen-bond donors (Lipinski definition) is 0. The quantitative estimate of drug-likeness (QED) is 0.642. The molecule has 1 aromatic heterocycles. The van der Waals surface area contributed by atoms with E-state index >= 15 is 0 Å². The van der Waals surface area contributed by atoms with Gasteiger partial charge in [0.15, 0.2) is 5.84 Å². The van der Waals surface area contributed by atoms with Crippen LogP contribution in [0.25, 0.3) is 0 Å². The van der Waals surface area contributed by atoms with E-state index in [0.29, 0.717) is 48.7 Å². The number of amides is 1.